The fourth-order valence-corrected chi connectivity index (χ4v) is 14.7. The molecule has 0 bridgehead atoms. The molecule has 10 aromatic carbocycles. The second kappa shape index (κ2) is 13.9. The fraction of sp³-hybridized carbons (Fsp3) is 0.0317. The van der Waals surface area contributed by atoms with Gasteiger partial charge in [-0.3, -0.25) is 0 Å². The number of para-hydroxylation sites is 1. The number of ether oxygens (including phenoxy) is 1. The lowest BCUT2D eigenvalue weighted by molar-refractivity contribution is 0.436. The van der Waals surface area contributed by atoms with Gasteiger partial charge in [-0.05, 0) is 128 Å². The Morgan fingerprint density at radius 1 is 0.412 bits per heavy atom. The van der Waals surface area contributed by atoms with Crippen LogP contribution in [-0.2, 0) is 10.8 Å². The molecule has 2 aliphatic heterocycles. The molecule has 11 aromatic rings. The molecule has 316 valence electrons. The third-order valence-corrected chi connectivity index (χ3v) is 17.3. The maximum absolute atomic E-state index is 8.01. The zero-order valence-corrected chi connectivity index (χ0v) is 38.0. The summed E-state index contributed by atoms with van der Waals surface area (Å²) in [5.74, 6) is 1.66. The molecule has 1 unspecified atom stereocenters. The van der Waals surface area contributed by atoms with Gasteiger partial charge in [0.15, 0.2) is 5.69 Å². The Labute approximate surface area is 402 Å². The molecule has 3 nitrogen and oxygen atoms in total. The summed E-state index contributed by atoms with van der Waals surface area (Å²) in [6.45, 7) is 8.01. The summed E-state index contributed by atoms with van der Waals surface area (Å²) in [7, 11) is 0. The van der Waals surface area contributed by atoms with Crippen molar-refractivity contribution in [1.82, 2.24) is 0 Å². The molecule has 0 saturated carbocycles. The van der Waals surface area contributed by atoms with Crippen LogP contribution in [0.4, 0.5) is 22.7 Å². The second-order valence-electron chi connectivity index (χ2n) is 18.1. The Balaban J connectivity index is 1.04. The Morgan fingerprint density at radius 2 is 0.971 bits per heavy atom. The molecule has 0 N–H and O–H groups in total. The van der Waals surface area contributed by atoms with Crippen LogP contribution in [0.25, 0.3) is 47.3 Å². The van der Waals surface area contributed by atoms with Crippen molar-refractivity contribution in [3.8, 4) is 33.8 Å². The highest BCUT2D eigenvalue weighted by Crippen LogP contribution is 2.65. The highest BCUT2D eigenvalue weighted by molar-refractivity contribution is 7.99. The van der Waals surface area contributed by atoms with E-state index in [1.165, 1.54) is 68.9 Å². The predicted molar refractivity (Wildman–Crippen MR) is 279 cm³/mol. The molecule has 2 aliphatic carbocycles. The van der Waals surface area contributed by atoms with E-state index in [-0.39, 0.29) is 0 Å². The molecule has 4 aliphatic rings. The van der Waals surface area contributed by atoms with Crippen molar-refractivity contribution in [3.63, 3.8) is 0 Å². The quantitative estimate of drug-likeness (QED) is 0.164. The Bertz CT molecular complexity index is 4000. The summed E-state index contributed by atoms with van der Waals surface area (Å²) in [6.07, 6.45) is 0. The van der Waals surface area contributed by atoms with Gasteiger partial charge in [0.05, 0.1) is 23.1 Å². The van der Waals surface area contributed by atoms with Gasteiger partial charge >= 0.3 is 0 Å². The van der Waals surface area contributed by atoms with Crippen molar-refractivity contribution in [2.75, 3.05) is 4.90 Å². The van der Waals surface area contributed by atoms with Crippen LogP contribution < -0.4 is 9.64 Å². The number of rotatable bonds is 3. The van der Waals surface area contributed by atoms with E-state index in [0.29, 0.717) is 5.69 Å². The molecular formula is C63H36N2OS2. The van der Waals surface area contributed by atoms with Crippen LogP contribution in [0.15, 0.2) is 228 Å². The number of thiophene rings is 1. The molecule has 0 saturated heterocycles. The van der Waals surface area contributed by atoms with Crippen LogP contribution in [0.3, 0.4) is 0 Å². The van der Waals surface area contributed by atoms with E-state index in [0.717, 1.165) is 56.4 Å². The zero-order valence-electron chi connectivity index (χ0n) is 36.4. The van der Waals surface area contributed by atoms with Crippen molar-refractivity contribution in [2.45, 2.75) is 20.6 Å². The normalized spacial score (nSPS) is 15.9. The van der Waals surface area contributed by atoms with Crippen LogP contribution in [0.2, 0.25) is 0 Å². The minimum Gasteiger partial charge on any atom is -0.457 e. The molecule has 1 aromatic heterocycles. The summed E-state index contributed by atoms with van der Waals surface area (Å²) in [5, 5.41) is 2.47. The molecule has 0 radical (unpaired) electrons. The molecule has 0 fully saturated rings. The van der Waals surface area contributed by atoms with Crippen LogP contribution >= 0.6 is 23.1 Å². The number of hydrogen-bond acceptors (Lipinski definition) is 4. The van der Waals surface area contributed by atoms with Gasteiger partial charge in [0.2, 0.25) is 0 Å². The van der Waals surface area contributed by atoms with Crippen molar-refractivity contribution < 1.29 is 4.74 Å². The number of anilines is 3. The van der Waals surface area contributed by atoms with E-state index in [1.54, 1.807) is 0 Å². The average Bonchev–Trinajstić information content (AvgIpc) is 4.03. The number of hydrogen-bond donors (Lipinski definition) is 0. The molecule has 1 atom stereocenters. The largest absolute Gasteiger partial charge is 0.457 e. The summed E-state index contributed by atoms with van der Waals surface area (Å²) >= 11 is 3.72. The first kappa shape index (κ1) is 38.0. The van der Waals surface area contributed by atoms with E-state index in [2.05, 4.69) is 222 Å². The SMILES string of the molecule is [C-]#[N+]c1ccc2c(c1)-c1ccccc1C21c2ccccc2Oc2ccc(N(c3ccc4c(c3)C3(c5ccccc5S4)c4ccccc4-c4ccccc43)c3cccc4sc5ccccc5c34)cc21. The maximum atomic E-state index is 8.01. The lowest BCUT2D eigenvalue weighted by atomic mass is 9.66. The van der Waals surface area contributed by atoms with Gasteiger partial charge in [0, 0.05) is 52.5 Å². The smallest absolute Gasteiger partial charge is 0.187 e. The Morgan fingerprint density at radius 3 is 1.74 bits per heavy atom. The lowest BCUT2D eigenvalue weighted by Gasteiger charge is -2.41. The Hall–Kier alpha value is -8.14. The zero-order chi connectivity index (χ0) is 44.7. The first-order valence-corrected chi connectivity index (χ1v) is 24.6. The molecular weight excluding hydrogens is 865 g/mol. The van der Waals surface area contributed by atoms with Gasteiger partial charge in [0.1, 0.15) is 11.5 Å². The molecule has 3 heterocycles. The van der Waals surface area contributed by atoms with Crippen LogP contribution in [0.5, 0.6) is 11.5 Å². The molecule has 15 rings (SSSR count). The first-order valence-electron chi connectivity index (χ1n) is 23.0. The third-order valence-electron chi connectivity index (χ3n) is 15.0. The summed E-state index contributed by atoms with van der Waals surface area (Å²) in [5.41, 5.74) is 17.1. The van der Waals surface area contributed by atoms with E-state index < -0.39 is 10.8 Å². The second-order valence-corrected chi connectivity index (χ2v) is 20.3. The molecule has 0 amide bonds. The van der Waals surface area contributed by atoms with Crippen LogP contribution in [0, 0.1) is 6.57 Å². The predicted octanol–water partition coefficient (Wildman–Crippen LogP) is 17.4. The van der Waals surface area contributed by atoms with Gasteiger partial charge in [-0.1, -0.05) is 157 Å². The highest BCUT2D eigenvalue weighted by atomic mass is 32.2. The van der Waals surface area contributed by atoms with Crippen LogP contribution in [0.1, 0.15) is 44.5 Å². The number of benzene rings is 10. The first-order chi connectivity index (χ1) is 33.7. The minimum absolute atomic E-state index is 0.536. The monoisotopic (exact) mass is 900 g/mol. The fourth-order valence-electron chi connectivity index (χ4n) is 12.4. The standard InChI is InChI=1S/C63H36N2OS2/c1-64-38-29-32-49-45(35-38)43-17-4-8-21-48(43)62(49)50-22-9-11-25-55(50)66-56-33-30-39(36-52(56)62)65(54-24-14-28-60-61(54)44-18-5-12-26-57(44)67-60)40-31-34-59-53(37-40)63(51-23-10-13-27-58(51)68-59)46-19-6-2-15-41(46)42-16-3-7-20-47(42)63/h2-37H. The highest BCUT2D eigenvalue weighted by Gasteiger charge is 2.52. The van der Waals surface area contributed by atoms with Gasteiger partial charge in [-0.25, -0.2) is 4.85 Å². The van der Waals surface area contributed by atoms with Gasteiger partial charge in [0.25, 0.3) is 0 Å². The maximum Gasteiger partial charge on any atom is 0.187 e. The summed E-state index contributed by atoms with van der Waals surface area (Å²) in [4.78, 5) is 8.95. The van der Waals surface area contributed by atoms with Crippen molar-refractivity contribution >= 4 is 66.0 Å². The van der Waals surface area contributed by atoms with Crippen LogP contribution in [-0.4, -0.2) is 0 Å². The topological polar surface area (TPSA) is 16.8 Å². The number of nitrogens with zero attached hydrogens (tertiary/aromatic N) is 2. The molecule has 5 heteroatoms. The minimum atomic E-state index is -0.711. The van der Waals surface area contributed by atoms with Crippen molar-refractivity contribution in [1.29, 1.82) is 0 Å². The average molecular weight is 901 g/mol. The van der Waals surface area contributed by atoms with Crippen molar-refractivity contribution in [3.05, 3.63) is 274 Å². The Kier molecular flexibility index (Phi) is 7.80. The molecule has 68 heavy (non-hydrogen) atoms. The van der Waals surface area contributed by atoms with Gasteiger partial charge in [-0.2, -0.15) is 0 Å². The molecule has 2 spiro atoms. The van der Waals surface area contributed by atoms with E-state index >= 15 is 0 Å². The van der Waals surface area contributed by atoms with E-state index in [9.17, 15) is 0 Å². The van der Waals surface area contributed by atoms with Crippen molar-refractivity contribution in [2.24, 2.45) is 0 Å². The van der Waals surface area contributed by atoms with Gasteiger partial charge < -0.3 is 9.64 Å². The summed E-state index contributed by atoms with van der Waals surface area (Å²) in [6, 6.07) is 80.2. The number of fused-ring (bicyclic) bond motifs is 21. The summed E-state index contributed by atoms with van der Waals surface area (Å²) < 4.78 is 9.48. The third kappa shape index (κ3) is 4.83. The van der Waals surface area contributed by atoms with E-state index in [4.69, 9.17) is 11.3 Å². The van der Waals surface area contributed by atoms with Gasteiger partial charge in [-0.15, -0.1) is 11.3 Å². The van der Waals surface area contributed by atoms with E-state index in [1.807, 2.05) is 29.2 Å². The lowest BCUT2D eigenvalue weighted by Crippen LogP contribution is -2.32.